The summed E-state index contributed by atoms with van der Waals surface area (Å²) in [6.07, 6.45) is 1.02. The summed E-state index contributed by atoms with van der Waals surface area (Å²) in [6, 6.07) is 8.65. The van der Waals surface area contributed by atoms with Gasteiger partial charge in [-0.1, -0.05) is 17.7 Å². The van der Waals surface area contributed by atoms with Crippen molar-refractivity contribution in [1.82, 2.24) is 0 Å². The maximum atomic E-state index is 5.99. The van der Waals surface area contributed by atoms with Gasteiger partial charge in [-0.05, 0) is 32.4 Å². The van der Waals surface area contributed by atoms with Crippen molar-refractivity contribution < 1.29 is 4.74 Å². The molecule has 1 aliphatic heterocycles. The fourth-order valence-corrected chi connectivity index (χ4v) is 2.60. The number of hydrogen-bond acceptors (Lipinski definition) is 3. The monoisotopic (exact) mass is 234 g/mol. The standard InChI is InChI=1S/C14H22N2O/c1-3-16(13-6-4-12(2)5-7-13)14(10-15)8-9-17-11-14/h4-7H,3,8-11,15H2,1-2H3. The number of benzene rings is 1. The highest BCUT2D eigenvalue weighted by atomic mass is 16.5. The molecule has 3 nitrogen and oxygen atoms in total. The molecule has 0 radical (unpaired) electrons. The smallest absolute Gasteiger partial charge is 0.0778 e. The number of hydrogen-bond donors (Lipinski definition) is 1. The number of likely N-dealkylation sites (N-methyl/N-ethyl adjacent to an activating group) is 1. The van der Waals surface area contributed by atoms with E-state index >= 15 is 0 Å². The fourth-order valence-electron chi connectivity index (χ4n) is 2.60. The van der Waals surface area contributed by atoms with Crippen molar-refractivity contribution >= 4 is 5.69 Å². The molecule has 0 saturated carbocycles. The van der Waals surface area contributed by atoms with E-state index in [4.69, 9.17) is 10.5 Å². The number of nitrogens with two attached hydrogens (primary N) is 1. The number of anilines is 1. The van der Waals surface area contributed by atoms with Crippen molar-refractivity contribution in [2.45, 2.75) is 25.8 Å². The van der Waals surface area contributed by atoms with Crippen molar-refractivity contribution in [2.75, 3.05) is 31.2 Å². The van der Waals surface area contributed by atoms with Gasteiger partial charge < -0.3 is 15.4 Å². The third-order valence-corrected chi connectivity index (χ3v) is 3.70. The topological polar surface area (TPSA) is 38.5 Å². The second-order valence-electron chi connectivity index (χ2n) is 4.81. The lowest BCUT2D eigenvalue weighted by molar-refractivity contribution is 0.177. The molecule has 1 fully saturated rings. The van der Waals surface area contributed by atoms with Gasteiger partial charge in [0.05, 0.1) is 12.1 Å². The zero-order chi connectivity index (χ0) is 12.3. The van der Waals surface area contributed by atoms with Crippen molar-refractivity contribution in [3.8, 4) is 0 Å². The largest absolute Gasteiger partial charge is 0.379 e. The first kappa shape index (κ1) is 12.4. The zero-order valence-corrected chi connectivity index (χ0v) is 10.8. The van der Waals surface area contributed by atoms with E-state index in [1.807, 2.05) is 0 Å². The molecule has 0 amide bonds. The number of aryl methyl sites for hydroxylation is 1. The minimum Gasteiger partial charge on any atom is -0.379 e. The maximum Gasteiger partial charge on any atom is 0.0778 e. The van der Waals surface area contributed by atoms with Crippen LogP contribution in [-0.4, -0.2) is 31.8 Å². The SMILES string of the molecule is CCN(c1ccc(C)cc1)C1(CN)CCOC1. The van der Waals surface area contributed by atoms with Crippen LogP contribution in [0.15, 0.2) is 24.3 Å². The lowest BCUT2D eigenvalue weighted by Crippen LogP contribution is -2.55. The lowest BCUT2D eigenvalue weighted by atomic mass is 9.95. The molecule has 0 aromatic heterocycles. The molecule has 1 aromatic carbocycles. The molecule has 0 aliphatic carbocycles. The maximum absolute atomic E-state index is 5.99. The second kappa shape index (κ2) is 5.07. The van der Waals surface area contributed by atoms with Crippen LogP contribution in [0.1, 0.15) is 18.9 Å². The number of nitrogens with zero attached hydrogens (tertiary/aromatic N) is 1. The summed E-state index contributed by atoms with van der Waals surface area (Å²) in [6.45, 7) is 7.45. The minimum atomic E-state index is -0.00991. The minimum absolute atomic E-state index is 0.00991. The first-order chi connectivity index (χ1) is 8.22. The van der Waals surface area contributed by atoms with Crippen LogP contribution in [0.2, 0.25) is 0 Å². The second-order valence-corrected chi connectivity index (χ2v) is 4.81. The summed E-state index contributed by atoms with van der Waals surface area (Å²) in [4.78, 5) is 2.39. The molecule has 0 bridgehead atoms. The highest BCUT2D eigenvalue weighted by Crippen LogP contribution is 2.30. The first-order valence-corrected chi connectivity index (χ1v) is 6.34. The van der Waals surface area contributed by atoms with Crippen LogP contribution >= 0.6 is 0 Å². The van der Waals surface area contributed by atoms with Crippen molar-refractivity contribution in [2.24, 2.45) is 5.73 Å². The summed E-state index contributed by atoms with van der Waals surface area (Å²) in [5.74, 6) is 0. The summed E-state index contributed by atoms with van der Waals surface area (Å²) < 4.78 is 5.56. The van der Waals surface area contributed by atoms with Gasteiger partial charge in [-0.2, -0.15) is 0 Å². The van der Waals surface area contributed by atoms with Crippen molar-refractivity contribution in [1.29, 1.82) is 0 Å². The van der Waals surface area contributed by atoms with Crippen LogP contribution in [0.3, 0.4) is 0 Å². The molecule has 1 unspecified atom stereocenters. The molecule has 1 aromatic rings. The fraction of sp³-hybridized carbons (Fsp3) is 0.571. The van der Waals surface area contributed by atoms with Crippen LogP contribution in [0.4, 0.5) is 5.69 Å². The quantitative estimate of drug-likeness (QED) is 0.865. The Morgan fingerprint density at radius 1 is 1.35 bits per heavy atom. The summed E-state index contributed by atoms with van der Waals surface area (Å²) in [5, 5.41) is 0. The third kappa shape index (κ3) is 2.31. The lowest BCUT2D eigenvalue weighted by Gasteiger charge is -2.40. The van der Waals surface area contributed by atoms with Gasteiger partial charge >= 0.3 is 0 Å². The van der Waals surface area contributed by atoms with Crippen LogP contribution in [0.5, 0.6) is 0 Å². The molecule has 1 aliphatic rings. The third-order valence-electron chi connectivity index (χ3n) is 3.70. The van der Waals surface area contributed by atoms with E-state index in [2.05, 4.69) is 43.0 Å². The van der Waals surface area contributed by atoms with E-state index in [1.54, 1.807) is 0 Å². The van der Waals surface area contributed by atoms with Crippen LogP contribution in [-0.2, 0) is 4.74 Å². The van der Waals surface area contributed by atoms with E-state index in [0.29, 0.717) is 6.54 Å². The molecular weight excluding hydrogens is 212 g/mol. The van der Waals surface area contributed by atoms with Crippen LogP contribution in [0.25, 0.3) is 0 Å². The average Bonchev–Trinajstić information content (AvgIpc) is 2.82. The predicted octanol–water partition coefficient (Wildman–Crippen LogP) is 1.94. The van der Waals surface area contributed by atoms with Crippen molar-refractivity contribution in [3.05, 3.63) is 29.8 Å². The number of ether oxygens (including phenoxy) is 1. The van der Waals surface area contributed by atoms with Crippen molar-refractivity contribution in [3.63, 3.8) is 0 Å². The molecule has 3 heteroatoms. The van der Waals surface area contributed by atoms with Gasteiger partial charge in [0, 0.05) is 25.4 Å². The molecule has 2 N–H and O–H groups in total. The summed E-state index contributed by atoms with van der Waals surface area (Å²) >= 11 is 0. The Morgan fingerprint density at radius 3 is 2.53 bits per heavy atom. The first-order valence-electron chi connectivity index (χ1n) is 6.34. The van der Waals surface area contributed by atoms with Crippen LogP contribution < -0.4 is 10.6 Å². The van der Waals surface area contributed by atoms with E-state index in [0.717, 1.165) is 26.2 Å². The van der Waals surface area contributed by atoms with Gasteiger partial charge in [0.25, 0.3) is 0 Å². The Morgan fingerprint density at radius 2 is 2.06 bits per heavy atom. The Balaban J connectivity index is 2.28. The van der Waals surface area contributed by atoms with E-state index in [-0.39, 0.29) is 5.54 Å². The Hall–Kier alpha value is -1.06. The van der Waals surface area contributed by atoms with Gasteiger partial charge in [-0.25, -0.2) is 0 Å². The summed E-state index contributed by atoms with van der Waals surface area (Å²) in [5.41, 5.74) is 8.51. The Labute approximate surface area is 104 Å². The molecule has 1 heterocycles. The molecular formula is C14H22N2O. The normalized spacial score (nSPS) is 23.9. The molecule has 94 valence electrons. The van der Waals surface area contributed by atoms with Gasteiger partial charge in [0.2, 0.25) is 0 Å². The van der Waals surface area contributed by atoms with E-state index in [1.165, 1.54) is 11.3 Å². The molecule has 0 spiro atoms. The number of rotatable bonds is 4. The Bertz CT molecular complexity index is 355. The highest BCUT2D eigenvalue weighted by molar-refractivity contribution is 5.50. The molecule has 17 heavy (non-hydrogen) atoms. The van der Waals surface area contributed by atoms with Gasteiger partial charge in [0.1, 0.15) is 0 Å². The molecule has 1 saturated heterocycles. The van der Waals surface area contributed by atoms with Gasteiger partial charge in [0.15, 0.2) is 0 Å². The predicted molar refractivity (Wildman–Crippen MR) is 71.4 cm³/mol. The van der Waals surface area contributed by atoms with Gasteiger partial charge in [-0.15, -0.1) is 0 Å². The van der Waals surface area contributed by atoms with E-state index < -0.39 is 0 Å². The summed E-state index contributed by atoms with van der Waals surface area (Å²) in [7, 11) is 0. The average molecular weight is 234 g/mol. The van der Waals surface area contributed by atoms with E-state index in [9.17, 15) is 0 Å². The zero-order valence-electron chi connectivity index (χ0n) is 10.8. The molecule has 2 rings (SSSR count). The highest BCUT2D eigenvalue weighted by Gasteiger charge is 2.38. The van der Waals surface area contributed by atoms with Crippen LogP contribution in [0, 0.1) is 6.92 Å². The molecule has 1 atom stereocenters. The Kier molecular flexibility index (Phi) is 3.69. The van der Waals surface area contributed by atoms with Gasteiger partial charge in [-0.3, -0.25) is 0 Å².